The van der Waals surface area contributed by atoms with E-state index in [0.29, 0.717) is 13.1 Å². The Morgan fingerprint density at radius 3 is 2.46 bits per heavy atom. The number of hydrogen-bond donors (Lipinski definition) is 2. The van der Waals surface area contributed by atoms with Gasteiger partial charge in [-0.25, -0.2) is 0 Å². The van der Waals surface area contributed by atoms with Crippen LogP contribution in [0.2, 0.25) is 0 Å². The molecule has 4 heteroatoms. The van der Waals surface area contributed by atoms with Crippen LogP contribution in [0.25, 0.3) is 0 Å². The number of fused-ring (bicyclic) bond motifs is 1. The van der Waals surface area contributed by atoms with Crippen molar-refractivity contribution < 1.29 is 9.90 Å². The van der Waals surface area contributed by atoms with Crippen LogP contribution in [0, 0.1) is 23.2 Å². The van der Waals surface area contributed by atoms with E-state index in [-0.39, 0.29) is 17.4 Å². The van der Waals surface area contributed by atoms with Crippen molar-refractivity contribution in [2.24, 2.45) is 23.2 Å². The number of benzene rings is 1. The summed E-state index contributed by atoms with van der Waals surface area (Å²) in [6, 6.07) is 9.12. The smallest absolute Gasteiger partial charge is 0.237 e. The van der Waals surface area contributed by atoms with Gasteiger partial charge in [-0.3, -0.25) is 4.79 Å². The molecule has 1 aliphatic heterocycles. The normalized spacial score (nSPS) is 37.0. The van der Waals surface area contributed by atoms with Gasteiger partial charge in [0.2, 0.25) is 5.91 Å². The molecule has 0 radical (unpaired) electrons. The lowest BCUT2D eigenvalue weighted by molar-refractivity contribution is -0.147. The first-order chi connectivity index (χ1) is 13.5. The van der Waals surface area contributed by atoms with Gasteiger partial charge in [-0.1, -0.05) is 24.3 Å². The van der Waals surface area contributed by atoms with Crippen LogP contribution in [0.4, 0.5) is 0 Å². The Bertz CT molecular complexity index is 709. The van der Waals surface area contributed by atoms with Gasteiger partial charge < -0.3 is 15.3 Å². The molecule has 1 unspecified atom stereocenters. The second kappa shape index (κ2) is 7.14. The average Bonchev–Trinajstić information content (AvgIpc) is 2.65. The van der Waals surface area contributed by atoms with E-state index in [2.05, 4.69) is 34.5 Å². The van der Waals surface area contributed by atoms with Crippen molar-refractivity contribution >= 4 is 5.91 Å². The first-order valence-corrected chi connectivity index (χ1v) is 11.3. The summed E-state index contributed by atoms with van der Waals surface area (Å²) in [5, 5.41) is 12.7. The van der Waals surface area contributed by atoms with Gasteiger partial charge >= 0.3 is 0 Å². The fourth-order valence-electron chi connectivity index (χ4n) is 7.50. The lowest BCUT2D eigenvalue weighted by Crippen LogP contribution is -2.56. The second-order valence-corrected chi connectivity index (χ2v) is 10.2. The highest BCUT2D eigenvalue weighted by Gasteiger charge is 2.57. The maximum atomic E-state index is 13.3. The van der Waals surface area contributed by atoms with Crippen LogP contribution < -0.4 is 5.32 Å². The monoisotopic (exact) mass is 382 g/mol. The predicted molar refractivity (Wildman–Crippen MR) is 110 cm³/mol. The molecule has 5 aliphatic rings. The Hall–Kier alpha value is -1.39. The van der Waals surface area contributed by atoms with Gasteiger partial charge in [0, 0.05) is 13.1 Å². The van der Waals surface area contributed by atoms with E-state index in [1.807, 2.05) is 0 Å². The molecule has 4 saturated carbocycles. The molecule has 2 N–H and O–H groups in total. The molecular formula is C24H34N2O2. The minimum Gasteiger partial charge on any atom is -0.392 e. The van der Waals surface area contributed by atoms with Crippen LogP contribution in [-0.4, -0.2) is 41.7 Å². The SMILES string of the molecule is C[C@@H](O)CNCC(=O)N1CCc2ccccc2C1C12CC3CC(CC(C3)C1)C2. The lowest BCUT2D eigenvalue weighted by atomic mass is 9.46. The number of nitrogens with zero attached hydrogens (tertiary/aromatic N) is 1. The van der Waals surface area contributed by atoms with Crippen LogP contribution in [0.5, 0.6) is 0 Å². The van der Waals surface area contributed by atoms with Crippen molar-refractivity contribution in [2.75, 3.05) is 19.6 Å². The number of rotatable bonds is 5. The summed E-state index contributed by atoms with van der Waals surface area (Å²) >= 11 is 0. The molecule has 4 bridgehead atoms. The van der Waals surface area contributed by atoms with Gasteiger partial charge in [0.1, 0.15) is 0 Å². The number of carbonyl (C=O) groups is 1. The summed E-state index contributed by atoms with van der Waals surface area (Å²) in [4.78, 5) is 15.5. The molecule has 4 aliphatic carbocycles. The molecule has 2 atom stereocenters. The van der Waals surface area contributed by atoms with Crippen LogP contribution >= 0.6 is 0 Å². The van der Waals surface area contributed by atoms with Crippen LogP contribution in [-0.2, 0) is 11.2 Å². The third kappa shape index (κ3) is 3.19. The standard InChI is InChI=1S/C24H34N2O2/c1-16(27)14-25-15-22(28)26-7-6-20-4-2-3-5-21(20)23(26)24-11-17-8-18(12-24)10-19(9-17)13-24/h2-5,16-19,23,25,27H,6-15H2,1H3/t16-,17?,18?,19?,23?,24?/m1/s1. The zero-order chi connectivity index (χ0) is 19.3. The van der Waals surface area contributed by atoms with E-state index >= 15 is 0 Å². The molecule has 4 fully saturated rings. The minimum absolute atomic E-state index is 0.205. The Morgan fingerprint density at radius 2 is 1.82 bits per heavy atom. The maximum absolute atomic E-state index is 13.3. The molecule has 28 heavy (non-hydrogen) atoms. The number of amides is 1. The molecule has 1 aromatic carbocycles. The maximum Gasteiger partial charge on any atom is 0.237 e. The van der Waals surface area contributed by atoms with E-state index in [1.54, 1.807) is 6.92 Å². The molecule has 1 aromatic rings. The highest BCUT2D eigenvalue weighted by molar-refractivity contribution is 5.79. The van der Waals surface area contributed by atoms with Crippen molar-refractivity contribution in [3.8, 4) is 0 Å². The van der Waals surface area contributed by atoms with Gasteiger partial charge in [0.15, 0.2) is 0 Å². The predicted octanol–water partition coefficient (Wildman–Crippen LogP) is 3.30. The second-order valence-electron chi connectivity index (χ2n) is 10.2. The zero-order valence-electron chi connectivity index (χ0n) is 17.1. The Balaban J connectivity index is 1.47. The molecule has 152 valence electrons. The molecule has 1 heterocycles. The lowest BCUT2D eigenvalue weighted by Gasteiger charge is -2.62. The van der Waals surface area contributed by atoms with Crippen molar-refractivity contribution in [3.63, 3.8) is 0 Å². The van der Waals surface area contributed by atoms with Crippen LogP contribution in [0.15, 0.2) is 24.3 Å². The summed E-state index contributed by atoms with van der Waals surface area (Å²) in [6.07, 6.45) is 8.75. The molecule has 0 saturated heterocycles. The molecular weight excluding hydrogens is 348 g/mol. The highest BCUT2D eigenvalue weighted by atomic mass is 16.3. The van der Waals surface area contributed by atoms with Gasteiger partial charge in [-0.15, -0.1) is 0 Å². The summed E-state index contributed by atoms with van der Waals surface area (Å²) in [7, 11) is 0. The molecule has 0 aromatic heterocycles. The third-order valence-corrected chi connectivity index (χ3v) is 7.99. The first kappa shape index (κ1) is 18.6. The fourth-order valence-corrected chi connectivity index (χ4v) is 7.50. The first-order valence-electron chi connectivity index (χ1n) is 11.3. The number of nitrogens with one attached hydrogen (secondary N) is 1. The zero-order valence-corrected chi connectivity index (χ0v) is 17.1. The molecule has 1 amide bonds. The number of carbonyl (C=O) groups excluding carboxylic acids is 1. The fraction of sp³-hybridized carbons (Fsp3) is 0.708. The van der Waals surface area contributed by atoms with E-state index < -0.39 is 6.10 Å². The van der Waals surface area contributed by atoms with E-state index in [4.69, 9.17) is 0 Å². The number of aliphatic hydroxyl groups excluding tert-OH is 1. The van der Waals surface area contributed by atoms with Gasteiger partial charge in [0.05, 0.1) is 18.7 Å². The summed E-state index contributed by atoms with van der Waals surface area (Å²) < 4.78 is 0. The van der Waals surface area contributed by atoms with Crippen molar-refractivity contribution in [2.45, 2.75) is 64.0 Å². The van der Waals surface area contributed by atoms with Gasteiger partial charge in [0.25, 0.3) is 0 Å². The largest absolute Gasteiger partial charge is 0.392 e. The van der Waals surface area contributed by atoms with Crippen molar-refractivity contribution in [3.05, 3.63) is 35.4 Å². The van der Waals surface area contributed by atoms with Gasteiger partial charge in [-0.2, -0.15) is 0 Å². The third-order valence-electron chi connectivity index (χ3n) is 7.99. The Labute approximate surface area is 168 Å². The number of hydrogen-bond acceptors (Lipinski definition) is 3. The molecule has 0 spiro atoms. The highest BCUT2D eigenvalue weighted by Crippen LogP contribution is 2.65. The summed E-state index contributed by atoms with van der Waals surface area (Å²) in [6.45, 7) is 3.39. The topological polar surface area (TPSA) is 52.6 Å². The van der Waals surface area contributed by atoms with Crippen molar-refractivity contribution in [1.29, 1.82) is 0 Å². The van der Waals surface area contributed by atoms with Gasteiger partial charge in [-0.05, 0) is 86.2 Å². The summed E-state index contributed by atoms with van der Waals surface area (Å²) in [5.74, 6) is 2.85. The Kier molecular flexibility index (Phi) is 4.75. The van der Waals surface area contributed by atoms with E-state index in [9.17, 15) is 9.90 Å². The average molecular weight is 383 g/mol. The van der Waals surface area contributed by atoms with Crippen LogP contribution in [0.3, 0.4) is 0 Å². The number of aliphatic hydroxyl groups is 1. The molecule has 6 rings (SSSR count). The van der Waals surface area contributed by atoms with E-state index in [0.717, 1.165) is 30.7 Å². The van der Waals surface area contributed by atoms with Crippen molar-refractivity contribution in [1.82, 2.24) is 10.2 Å². The quantitative estimate of drug-likeness (QED) is 0.822. The molecule has 4 nitrogen and oxygen atoms in total. The minimum atomic E-state index is -0.422. The van der Waals surface area contributed by atoms with E-state index in [1.165, 1.54) is 49.7 Å². The summed E-state index contributed by atoms with van der Waals surface area (Å²) in [5.41, 5.74) is 3.15. The van der Waals surface area contributed by atoms with Crippen LogP contribution in [0.1, 0.15) is 62.6 Å². The Morgan fingerprint density at radius 1 is 1.18 bits per heavy atom.